The fourth-order valence-electron chi connectivity index (χ4n) is 2.95. The molecule has 0 amide bonds. The Bertz CT molecular complexity index is 435. The lowest BCUT2D eigenvalue weighted by atomic mass is 9.89. The maximum absolute atomic E-state index is 11.0. The predicted octanol–water partition coefficient (Wildman–Crippen LogP) is 3.77. The quantitative estimate of drug-likeness (QED) is 0.893. The van der Waals surface area contributed by atoms with Gasteiger partial charge >= 0.3 is 5.97 Å². The number of thiophene rings is 1. The number of aromatic carboxylic acids is 1. The van der Waals surface area contributed by atoms with Crippen molar-refractivity contribution in [1.29, 1.82) is 0 Å². The molecule has 0 radical (unpaired) electrons. The maximum atomic E-state index is 11.0. The summed E-state index contributed by atoms with van der Waals surface area (Å²) in [5, 5.41) is 9.01. The number of hydrogen-bond acceptors (Lipinski definition) is 3. The number of rotatable bonds is 5. The van der Waals surface area contributed by atoms with E-state index in [2.05, 4.69) is 11.9 Å². The van der Waals surface area contributed by atoms with E-state index in [1.165, 1.54) is 49.0 Å². The molecule has 1 heterocycles. The number of aryl methyl sites for hydroxylation is 1. The second kappa shape index (κ2) is 6.53. The van der Waals surface area contributed by atoms with Crippen LogP contribution in [0.2, 0.25) is 0 Å². The molecule has 1 aromatic heterocycles. The van der Waals surface area contributed by atoms with Crippen molar-refractivity contribution in [3.05, 3.63) is 21.4 Å². The van der Waals surface area contributed by atoms with Crippen molar-refractivity contribution in [3.8, 4) is 0 Å². The smallest absolute Gasteiger partial charge is 0.345 e. The lowest BCUT2D eigenvalue weighted by molar-refractivity contribution is 0.0702. The highest BCUT2D eigenvalue weighted by molar-refractivity contribution is 7.14. The number of nitrogens with zero attached hydrogens (tertiary/aromatic N) is 1. The molecule has 3 nitrogen and oxygen atoms in total. The molecule has 0 bridgehead atoms. The molecule has 1 N–H and O–H groups in total. The minimum absolute atomic E-state index is 0.457. The van der Waals surface area contributed by atoms with Gasteiger partial charge in [0.25, 0.3) is 0 Å². The van der Waals surface area contributed by atoms with Gasteiger partial charge in [-0.3, -0.25) is 0 Å². The van der Waals surface area contributed by atoms with Gasteiger partial charge in [-0.2, -0.15) is 0 Å². The third-order valence-electron chi connectivity index (χ3n) is 3.97. The van der Waals surface area contributed by atoms with E-state index in [1.54, 1.807) is 0 Å². The average Bonchev–Trinajstić information content (AvgIpc) is 2.72. The summed E-state index contributed by atoms with van der Waals surface area (Å²) in [6.45, 7) is 4.02. The van der Waals surface area contributed by atoms with Crippen LogP contribution in [0, 0.1) is 12.8 Å². The minimum atomic E-state index is -0.811. The molecule has 0 aliphatic heterocycles. The van der Waals surface area contributed by atoms with Crippen LogP contribution in [0.4, 0.5) is 0 Å². The molecule has 0 unspecified atom stereocenters. The summed E-state index contributed by atoms with van der Waals surface area (Å²) in [5.74, 6) is 0.0194. The van der Waals surface area contributed by atoms with Crippen LogP contribution in [0.1, 0.15) is 52.2 Å². The van der Waals surface area contributed by atoms with E-state index in [1.807, 2.05) is 13.0 Å². The van der Waals surface area contributed by atoms with Crippen LogP contribution >= 0.6 is 11.3 Å². The van der Waals surface area contributed by atoms with E-state index < -0.39 is 5.97 Å². The summed E-state index contributed by atoms with van der Waals surface area (Å²) in [4.78, 5) is 14.9. The van der Waals surface area contributed by atoms with Crippen LogP contribution in [-0.4, -0.2) is 29.6 Å². The number of carbonyl (C=O) groups is 1. The average molecular weight is 281 g/mol. The highest BCUT2D eigenvalue weighted by Gasteiger charge is 2.17. The molecule has 1 aromatic rings. The molecule has 0 atom stereocenters. The first kappa shape index (κ1) is 14.5. The lowest BCUT2D eigenvalue weighted by Crippen LogP contribution is -2.26. The van der Waals surface area contributed by atoms with Gasteiger partial charge in [0.05, 0.1) is 0 Å². The third kappa shape index (κ3) is 4.05. The largest absolute Gasteiger partial charge is 0.477 e. The monoisotopic (exact) mass is 281 g/mol. The number of carboxylic acids is 1. The third-order valence-corrected chi connectivity index (χ3v) is 5.05. The van der Waals surface area contributed by atoms with Crippen LogP contribution in [-0.2, 0) is 6.54 Å². The molecular formula is C15H23NO2S. The van der Waals surface area contributed by atoms with Crippen molar-refractivity contribution in [3.63, 3.8) is 0 Å². The van der Waals surface area contributed by atoms with Crippen LogP contribution in [0.5, 0.6) is 0 Å². The van der Waals surface area contributed by atoms with E-state index in [0.29, 0.717) is 4.88 Å². The van der Waals surface area contributed by atoms with Gasteiger partial charge in [-0.25, -0.2) is 4.79 Å². The first-order valence-corrected chi connectivity index (χ1v) is 7.89. The Hall–Kier alpha value is -0.870. The first-order chi connectivity index (χ1) is 9.06. The summed E-state index contributed by atoms with van der Waals surface area (Å²) >= 11 is 1.38. The fraction of sp³-hybridized carbons (Fsp3) is 0.667. The molecule has 0 spiro atoms. The van der Waals surface area contributed by atoms with Gasteiger partial charge in [0.1, 0.15) is 4.88 Å². The topological polar surface area (TPSA) is 40.5 Å². The Balaban J connectivity index is 1.90. The molecule has 19 heavy (non-hydrogen) atoms. The lowest BCUT2D eigenvalue weighted by Gasteiger charge is -2.27. The molecule has 1 saturated carbocycles. The highest BCUT2D eigenvalue weighted by Crippen LogP contribution is 2.26. The Morgan fingerprint density at radius 1 is 1.42 bits per heavy atom. The molecule has 1 aliphatic rings. The van der Waals surface area contributed by atoms with E-state index >= 15 is 0 Å². The Morgan fingerprint density at radius 3 is 2.68 bits per heavy atom. The number of carboxylic acid groups (broad SMARTS) is 1. The summed E-state index contributed by atoms with van der Waals surface area (Å²) in [5.41, 5.74) is 1.17. The molecule has 1 aliphatic carbocycles. The van der Waals surface area contributed by atoms with Gasteiger partial charge in [0.15, 0.2) is 0 Å². The highest BCUT2D eigenvalue weighted by atomic mass is 32.1. The maximum Gasteiger partial charge on any atom is 0.345 e. The van der Waals surface area contributed by atoms with Crippen molar-refractivity contribution in [1.82, 2.24) is 4.90 Å². The van der Waals surface area contributed by atoms with Gasteiger partial charge in [0.2, 0.25) is 0 Å². The second-order valence-corrected chi connectivity index (χ2v) is 6.95. The Labute approximate surface area is 119 Å². The van der Waals surface area contributed by atoms with Gasteiger partial charge in [-0.15, -0.1) is 11.3 Å². The van der Waals surface area contributed by atoms with Gasteiger partial charge < -0.3 is 10.0 Å². The van der Waals surface area contributed by atoms with E-state index in [9.17, 15) is 4.79 Å². The van der Waals surface area contributed by atoms with E-state index in [0.717, 1.165) is 23.9 Å². The number of hydrogen-bond donors (Lipinski definition) is 1. The standard InChI is InChI=1S/C15H23NO2S/c1-11-13(8-14(19-11)15(17)18)10-16(2)9-12-6-4-3-5-7-12/h8,12H,3-7,9-10H2,1-2H3,(H,17,18). The van der Waals surface area contributed by atoms with Crippen LogP contribution in [0.25, 0.3) is 0 Å². The molecule has 2 rings (SSSR count). The molecule has 0 saturated heterocycles. The van der Waals surface area contributed by atoms with E-state index in [-0.39, 0.29) is 0 Å². The SMILES string of the molecule is Cc1sc(C(=O)O)cc1CN(C)CC1CCCCC1. The van der Waals surface area contributed by atoms with Crippen LogP contribution in [0.15, 0.2) is 6.07 Å². The van der Waals surface area contributed by atoms with Crippen molar-refractivity contribution in [2.24, 2.45) is 5.92 Å². The molecular weight excluding hydrogens is 258 g/mol. The summed E-state index contributed by atoms with van der Waals surface area (Å²) < 4.78 is 0. The Morgan fingerprint density at radius 2 is 2.11 bits per heavy atom. The van der Waals surface area contributed by atoms with E-state index in [4.69, 9.17) is 5.11 Å². The van der Waals surface area contributed by atoms with Gasteiger partial charge in [-0.05, 0) is 44.4 Å². The molecule has 106 valence electrons. The minimum Gasteiger partial charge on any atom is -0.477 e. The summed E-state index contributed by atoms with van der Waals surface area (Å²) in [6.07, 6.45) is 6.85. The summed E-state index contributed by atoms with van der Waals surface area (Å²) in [6, 6.07) is 1.83. The summed E-state index contributed by atoms with van der Waals surface area (Å²) in [7, 11) is 2.14. The zero-order chi connectivity index (χ0) is 13.8. The first-order valence-electron chi connectivity index (χ1n) is 7.07. The predicted molar refractivity (Wildman–Crippen MR) is 78.9 cm³/mol. The van der Waals surface area contributed by atoms with Crippen molar-refractivity contribution in [2.75, 3.05) is 13.6 Å². The molecule has 4 heteroatoms. The second-order valence-electron chi connectivity index (χ2n) is 5.70. The zero-order valence-corrected chi connectivity index (χ0v) is 12.6. The van der Waals surface area contributed by atoms with Crippen LogP contribution in [0.3, 0.4) is 0 Å². The molecule has 0 aromatic carbocycles. The normalized spacial score (nSPS) is 17.0. The van der Waals surface area contributed by atoms with Crippen LogP contribution < -0.4 is 0 Å². The Kier molecular flexibility index (Phi) is 4.99. The van der Waals surface area contributed by atoms with Crippen molar-refractivity contribution >= 4 is 17.3 Å². The zero-order valence-electron chi connectivity index (χ0n) is 11.8. The van der Waals surface area contributed by atoms with Gasteiger partial charge in [-0.1, -0.05) is 19.3 Å². The van der Waals surface area contributed by atoms with Crippen molar-refractivity contribution in [2.45, 2.75) is 45.6 Å². The fourth-order valence-corrected chi connectivity index (χ4v) is 3.82. The van der Waals surface area contributed by atoms with Gasteiger partial charge in [0, 0.05) is 18.0 Å². The van der Waals surface area contributed by atoms with Crippen molar-refractivity contribution < 1.29 is 9.90 Å². The molecule has 1 fully saturated rings.